The Morgan fingerprint density at radius 1 is 1.44 bits per heavy atom. The highest BCUT2D eigenvalue weighted by atomic mass is 35.5. The van der Waals surface area contributed by atoms with Crippen molar-refractivity contribution in [3.05, 3.63) is 33.9 Å². The van der Waals surface area contributed by atoms with Crippen molar-refractivity contribution < 1.29 is 14.5 Å². The van der Waals surface area contributed by atoms with E-state index in [1.807, 2.05) is 6.26 Å². The first-order valence-electron chi connectivity index (χ1n) is 7.82. The molecular weight excluding hydrogens is 366 g/mol. The van der Waals surface area contributed by atoms with E-state index in [9.17, 15) is 14.9 Å². The number of carbonyl (C=O) groups is 1. The zero-order valence-corrected chi connectivity index (χ0v) is 16.0. The Labute approximate surface area is 157 Å². The monoisotopic (exact) mass is 389 g/mol. The number of methoxy groups -OCH3 is 1. The van der Waals surface area contributed by atoms with Crippen LogP contribution in [0.3, 0.4) is 0 Å². The second-order valence-corrected chi connectivity index (χ2v) is 6.89. The van der Waals surface area contributed by atoms with E-state index < -0.39 is 10.8 Å². The Kier molecular flexibility index (Phi) is 8.64. The maximum atomic E-state index is 12.5. The average molecular weight is 390 g/mol. The largest absolute Gasteiger partial charge is 0.384 e. The molecule has 7 nitrogen and oxygen atoms in total. The number of hydrogen-bond acceptors (Lipinski definition) is 6. The number of benzene rings is 1. The highest BCUT2D eigenvalue weighted by Gasteiger charge is 2.33. The molecule has 2 N–H and O–H groups in total. The SMILES string of the molecule is COCC1(CNC(=O)c2cc(SC)ccc2[N+](=O)[O-])CCNCC1.Cl. The van der Waals surface area contributed by atoms with Gasteiger partial charge in [0.2, 0.25) is 0 Å². The fourth-order valence-electron chi connectivity index (χ4n) is 2.98. The highest BCUT2D eigenvalue weighted by molar-refractivity contribution is 7.98. The fourth-order valence-corrected chi connectivity index (χ4v) is 3.42. The summed E-state index contributed by atoms with van der Waals surface area (Å²) >= 11 is 1.44. The van der Waals surface area contributed by atoms with Crippen molar-refractivity contribution in [1.82, 2.24) is 10.6 Å². The van der Waals surface area contributed by atoms with Crippen molar-refractivity contribution in [3.63, 3.8) is 0 Å². The first-order valence-corrected chi connectivity index (χ1v) is 9.04. The lowest BCUT2D eigenvalue weighted by molar-refractivity contribution is -0.385. The quantitative estimate of drug-likeness (QED) is 0.422. The van der Waals surface area contributed by atoms with E-state index in [2.05, 4.69) is 10.6 Å². The van der Waals surface area contributed by atoms with Crippen LogP contribution in [0.5, 0.6) is 0 Å². The summed E-state index contributed by atoms with van der Waals surface area (Å²) in [5.41, 5.74) is -0.188. The van der Waals surface area contributed by atoms with E-state index in [-0.39, 0.29) is 29.1 Å². The third-order valence-electron chi connectivity index (χ3n) is 4.38. The minimum atomic E-state index is -0.519. The summed E-state index contributed by atoms with van der Waals surface area (Å²) < 4.78 is 5.33. The Balaban J connectivity index is 0.00000312. The van der Waals surface area contributed by atoms with E-state index in [4.69, 9.17) is 4.74 Å². The molecule has 1 amide bonds. The van der Waals surface area contributed by atoms with Crippen molar-refractivity contribution in [1.29, 1.82) is 0 Å². The predicted molar refractivity (Wildman–Crippen MR) is 101 cm³/mol. The lowest BCUT2D eigenvalue weighted by atomic mass is 9.79. The zero-order valence-electron chi connectivity index (χ0n) is 14.4. The molecular formula is C16H24ClN3O4S. The second kappa shape index (κ2) is 9.96. The van der Waals surface area contributed by atoms with Crippen LogP contribution in [0.25, 0.3) is 0 Å². The number of amides is 1. The molecule has 0 aromatic heterocycles. The molecule has 1 aromatic rings. The number of piperidine rings is 1. The van der Waals surface area contributed by atoms with Gasteiger partial charge in [-0.2, -0.15) is 0 Å². The summed E-state index contributed by atoms with van der Waals surface area (Å²) in [6, 6.07) is 4.61. The first kappa shape index (κ1) is 21.7. The molecule has 1 aromatic carbocycles. The van der Waals surface area contributed by atoms with Crippen LogP contribution in [0, 0.1) is 15.5 Å². The topological polar surface area (TPSA) is 93.5 Å². The van der Waals surface area contributed by atoms with E-state index >= 15 is 0 Å². The molecule has 1 aliphatic rings. The lowest BCUT2D eigenvalue weighted by Crippen LogP contribution is -2.47. The van der Waals surface area contributed by atoms with E-state index in [0.29, 0.717) is 13.2 Å². The van der Waals surface area contributed by atoms with Crippen LogP contribution in [-0.4, -0.2) is 50.4 Å². The molecule has 1 aliphatic heterocycles. The molecule has 0 aliphatic carbocycles. The third kappa shape index (κ3) is 5.57. The van der Waals surface area contributed by atoms with Gasteiger partial charge in [0, 0.05) is 30.0 Å². The van der Waals surface area contributed by atoms with Gasteiger partial charge in [-0.3, -0.25) is 14.9 Å². The summed E-state index contributed by atoms with van der Waals surface area (Å²) in [7, 11) is 1.65. The molecule has 1 saturated heterocycles. The number of nitro benzene ring substituents is 1. The van der Waals surface area contributed by atoms with Gasteiger partial charge >= 0.3 is 0 Å². The Hall–Kier alpha value is -1.35. The van der Waals surface area contributed by atoms with Gasteiger partial charge in [-0.05, 0) is 44.3 Å². The number of nitrogens with zero attached hydrogens (tertiary/aromatic N) is 1. The van der Waals surface area contributed by atoms with Gasteiger partial charge in [-0.25, -0.2) is 0 Å². The number of rotatable bonds is 7. The molecule has 2 rings (SSSR count). The molecule has 140 valence electrons. The Morgan fingerprint density at radius 2 is 2.12 bits per heavy atom. The summed E-state index contributed by atoms with van der Waals surface area (Å²) in [6.07, 6.45) is 3.66. The number of nitrogens with one attached hydrogen (secondary N) is 2. The summed E-state index contributed by atoms with van der Waals surface area (Å²) in [5, 5.41) is 17.4. The third-order valence-corrected chi connectivity index (χ3v) is 5.11. The molecule has 0 radical (unpaired) electrons. The Morgan fingerprint density at radius 3 is 2.68 bits per heavy atom. The summed E-state index contributed by atoms with van der Waals surface area (Å²) in [6.45, 7) is 2.76. The standard InChI is InChI=1S/C16H23N3O4S.ClH/c1-23-11-16(5-7-17-8-6-16)10-18-15(20)13-9-12(24-2)3-4-14(13)19(21)22;/h3-4,9,17H,5-8,10-11H2,1-2H3,(H,18,20);1H. The molecule has 0 atom stereocenters. The van der Waals surface area contributed by atoms with Gasteiger partial charge in [-0.15, -0.1) is 24.2 Å². The van der Waals surface area contributed by atoms with Crippen LogP contribution >= 0.6 is 24.2 Å². The summed E-state index contributed by atoms with van der Waals surface area (Å²) in [4.78, 5) is 24.0. The van der Waals surface area contributed by atoms with Gasteiger partial charge in [0.1, 0.15) is 5.56 Å². The van der Waals surface area contributed by atoms with Crippen molar-refractivity contribution in [2.24, 2.45) is 5.41 Å². The highest BCUT2D eigenvalue weighted by Crippen LogP contribution is 2.29. The molecule has 0 unspecified atom stereocenters. The fraction of sp³-hybridized carbons (Fsp3) is 0.562. The van der Waals surface area contributed by atoms with Gasteiger partial charge < -0.3 is 15.4 Å². The van der Waals surface area contributed by atoms with E-state index in [0.717, 1.165) is 30.8 Å². The van der Waals surface area contributed by atoms with Gasteiger partial charge in [0.15, 0.2) is 0 Å². The van der Waals surface area contributed by atoms with E-state index in [1.165, 1.54) is 17.8 Å². The first-order chi connectivity index (χ1) is 11.5. The van der Waals surface area contributed by atoms with Crippen LogP contribution in [0.1, 0.15) is 23.2 Å². The maximum absolute atomic E-state index is 12.5. The molecule has 1 heterocycles. The van der Waals surface area contributed by atoms with Gasteiger partial charge in [-0.1, -0.05) is 0 Å². The van der Waals surface area contributed by atoms with Crippen LogP contribution in [0.2, 0.25) is 0 Å². The lowest BCUT2D eigenvalue weighted by Gasteiger charge is -2.37. The number of hydrogen-bond donors (Lipinski definition) is 2. The number of nitro groups is 1. The van der Waals surface area contributed by atoms with Gasteiger partial charge in [0.25, 0.3) is 11.6 Å². The molecule has 25 heavy (non-hydrogen) atoms. The number of ether oxygens (including phenoxy) is 1. The van der Waals surface area contributed by atoms with Crippen LogP contribution < -0.4 is 10.6 Å². The zero-order chi connectivity index (χ0) is 17.6. The molecule has 0 bridgehead atoms. The van der Waals surface area contributed by atoms with Crippen molar-refractivity contribution in [2.75, 3.05) is 39.6 Å². The van der Waals surface area contributed by atoms with Crippen molar-refractivity contribution in [2.45, 2.75) is 17.7 Å². The van der Waals surface area contributed by atoms with E-state index in [1.54, 1.807) is 19.2 Å². The molecule has 0 saturated carbocycles. The van der Waals surface area contributed by atoms with Crippen LogP contribution in [-0.2, 0) is 4.74 Å². The van der Waals surface area contributed by atoms with Crippen molar-refractivity contribution in [3.8, 4) is 0 Å². The molecule has 9 heteroatoms. The smallest absolute Gasteiger partial charge is 0.282 e. The summed E-state index contributed by atoms with van der Waals surface area (Å²) in [5.74, 6) is -0.411. The van der Waals surface area contributed by atoms with Gasteiger partial charge in [0.05, 0.1) is 11.5 Å². The number of carbonyl (C=O) groups excluding carboxylic acids is 1. The van der Waals surface area contributed by atoms with Crippen molar-refractivity contribution >= 4 is 35.8 Å². The average Bonchev–Trinajstić information content (AvgIpc) is 2.60. The molecule has 0 spiro atoms. The minimum Gasteiger partial charge on any atom is -0.384 e. The second-order valence-electron chi connectivity index (χ2n) is 6.01. The maximum Gasteiger partial charge on any atom is 0.282 e. The van der Waals surface area contributed by atoms with Crippen LogP contribution in [0.15, 0.2) is 23.1 Å². The van der Waals surface area contributed by atoms with Crippen LogP contribution in [0.4, 0.5) is 5.69 Å². The molecule has 1 fully saturated rings. The minimum absolute atomic E-state index is 0. The number of halogens is 1. The Bertz CT molecular complexity index is 604. The predicted octanol–water partition coefficient (Wildman–Crippen LogP) is 2.48. The normalized spacial score (nSPS) is 15.9. The number of thioether (sulfide) groups is 1.